The zero-order valence-electron chi connectivity index (χ0n) is 12.2. The van der Waals surface area contributed by atoms with E-state index in [9.17, 15) is 9.59 Å². The van der Waals surface area contributed by atoms with Gasteiger partial charge in [0.05, 0.1) is 25.3 Å². The maximum Gasteiger partial charge on any atom is 0.338 e. The van der Waals surface area contributed by atoms with Crippen LogP contribution >= 0.6 is 0 Å². The number of ether oxygens (including phenoxy) is 2. The molecule has 0 fully saturated rings. The van der Waals surface area contributed by atoms with E-state index in [2.05, 4.69) is 4.74 Å². The van der Waals surface area contributed by atoms with Crippen molar-refractivity contribution in [3.8, 4) is 11.1 Å². The van der Waals surface area contributed by atoms with Crippen molar-refractivity contribution < 1.29 is 19.1 Å². The van der Waals surface area contributed by atoms with Gasteiger partial charge in [-0.1, -0.05) is 35.9 Å². The van der Waals surface area contributed by atoms with Gasteiger partial charge in [0.1, 0.15) is 0 Å². The predicted octanol–water partition coefficient (Wildman–Crippen LogP) is 3.24. The number of hydrogen-bond donors (Lipinski definition) is 0. The molecule has 2 aromatic rings. The summed E-state index contributed by atoms with van der Waals surface area (Å²) in [6, 6.07) is 12.6. The van der Waals surface area contributed by atoms with Crippen LogP contribution in [0.5, 0.6) is 0 Å². The van der Waals surface area contributed by atoms with Crippen LogP contribution in [0, 0.1) is 6.92 Å². The average Bonchev–Trinajstić information content (AvgIpc) is 2.53. The maximum absolute atomic E-state index is 12.0. The molecule has 21 heavy (non-hydrogen) atoms. The third kappa shape index (κ3) is 3.11. The van der Waals surface area contributed by atoms with Crippen molar-refractivity contribution in [1.29, 1.82) is 0 Å². The summed E-state index contributed by atoms with van der Waals surface area (Å²) in [7, 11) is 2.61. The van der Waals surface area contributed by atoms with E-state index in [1.165, 1.54) is 20.3 Å². The average molecular weight is 284 g/mol. The van der Waals surface area contributed by atoms with Gasteiger partial charge in [-0.3, -0.25) is 0 Å². The monoisotopic (exact) mass is 284 g/mol. The number of methoxy groups -OCH3 is 2. The number of aryl methyl sites for hydroxylation is 1. The molecule has 0 aliphatic carbocycles. The van der Waals surface area contributed by atoms with E-state index in [1.54, 1.807) is 12.1 Å². The summed E-state index contributed by atoms with van der Waals surface area (Å²) in [5.41, 5.74) is 3.38. The maximum atomic E-state index is 12.0. The van der Waals surface area contributed by atoms with Crippen LogP contribution in [0.2, 0.25) is 0 Å². The number of esters is 2. The molecule has 0 atom stereocenters. The van der Waals surface area contributed by atoms with Gasteiger partial charge in [-0.05, 0) is 30.2 Å². The van der Waals surface area contributed by atoms with Crippen LogP contribution in [0.15, 0.2) is 42.5 Å². The number of benzene rings is 2. The smallest absolute Gasteiger partial charge is 0.338 e. The highest BCUT2D eigenvalue weighted by Gasteiger charge is 2.17. The summed E-state index contributed by atoms with van der Waals surface area (Å²) in [4.78, 5) is 23.6. The number of carbonyl (C=O) groups excluding carboxylic acids is 2. The minimum absolute atomic E-state index is 0.314. The fraction of sp³-hybridized carbons (Fsp3) is 0.176. The van der Waals surface area contributed by atoms with E-state index in [0.717, 1.165) is 16.7 Å². The van der Waals surface area contributed by atoms with Crippen LogP contribution in [0.4, 0.5) is 0 Å². The first-order valence-electron chi connectivity index (χ1n) is 6.44. The minimum Gasteiger partial charge on any atom is -0.465 e. The van der Waals surface area contributed by atoms with Gasteiger partial charge in [-0.2, -0.15) is 0 Å². The van der Waals surface area contributed by atoms with E-state index in [-0.39, 0.29) is 0 Å². The van der Waals surface area contributed by atoms with Gasteiger partial charge in [0.2, 0.25) is 0 Å². The highest BCUT2D eigenvalue weighted by molar-refractivity contribution is 6.00. The van der Waals surface area contributed by atoms with Crippen LogP contribution in [0.3, 0.4) is 0 Å². The molecule has 0 unspecified atom stereocenters. The van der Waals surface area contributed by atoms with Gasteiger partial charge in [-0.25, -0.2) is 9.59 Å². The summed E-state index contributed by atoms with van der Waals surface area (Å²) in [6.45, 7) is 1.99. The van der Waals surface area contributed by atoms with Crippen LogP contribution in [-0.2, 0) is 9.47 Å². The van der Waals surface area contributed by atoms with Crippen molar-refractivity contribution in [2.75, 3.05) is 14.2 Å². The first-order chi connectivity index (χ1) is 10.1. The summed E-state index contributed by atoms with van der Waals surface area (Å²) in [5, 5.41) is 0. The Bertz CT molecular complexity index is 672. The Morgan fingerprint density at radius 3 is 2.05 bits per heavy atom. The van der Waals surface area contributed by atoms with E-state index in [0.29, 0.717) is 11.1 Å². The first kappa shape index (κ1) is 14.8. The van der Waals surface area contributed by atoms with Gasteiger partial charge >= 0.3 is 11.9 Å². The molecule has 0 heterocycles. The molecule has 0 radical (unpaired) electrons. The zero-order valence-corrected chi connectivity index (χ0v) is 12.2. The molecular formula is C17H16O4. The second kappa shape index (κ2) is 6.22. The quantitative estimate of drug-likeness (QED) is 0.812. The second-order valence-corrected chi connectivity index (χ2v) is 4.61. The van der Waals surface area contributed by atoms with Gasteiger partial charge in [0.25, 0.3) is 0 Å². The number of rotatable bonds is 3. The molecule has 0 saturated carbocycles. The number of carbonyl (C=O) groups is 2. The van der Waals surface area contributed by atoms with Crippen molar-refractivity contribution in [1.82, 2.24) is 0 Å². The molecule has 0 amide bonds. The van der Waals surface area contributed by atoms with Crippen molar-refractivity contribution in [3.05, 3.63) is 59.2 Å². The predicted molar refractivity (Wildman–Crippen MR) is 79.3 cm³/mol. The lowest BCUT2D eigenvalue weighted by molar-refractivity contribution is 0.0600. The fourth-order valence-corrected chi connectivity index (χ4v) is 2.05. The van der Waals surface area contributed by atoms with Crippen LogP contribution in [0.25, 0.3) is 11.1 Å². The molecule has 0 saturated heterocycles. The molecule has 0 N–H and O–H groups in total. The molecule has 108 valence electrons. The lowest BCUT2D eigenvalue weighted by atomic mass is 9.97. The highest BCUT2D eigenvalue weighted by Crippen LogP contribution is 2.26. The van der Waals surface area contributed by atoms with Crippen molar-refractivity contribution in [3.63, 3.8) is 0 Å². The highest BCUT2D eigenvalue weighted by atomic mass is 16.5. The molecule has 2 aromatic carbocycles. The van der Waals surface area contributed by atoms with E-state index < -0.39 is 11.9 Å². The molecule has 0 aliphatic rings. The molecule has 4 heteroatoms. The Hall–Kier alpha value is -2.62. The molecule has 2 rings (SSSR count). The SMILES string of the molecule is COC(=O)c1ccc(-c2ccc(C)cc2)c(C(=O)OC)c1. The van der Waals surface area contributed by atoms with Gasteiger partial charge in [-0.15, -0.1) is 0 Å². The Morgan fingerprint density at radius 1 is 0.857 bits per heavy atom. The Balaban J connectivity index is 2.57. The molecule has 0 aliphatic heterocycles. The molecule has 0 aromatic heterocycles. The van der Waals surface area contributed by atoms with Crippen LogP contribution in [-0.4, -0.2) is 26.2 Å². The Morgan fingerprint density at radius 2 is 1.48 bits per heavy atom. The summed E-state index contributed by atoms with van der Waals surface area (Å²) >= 11 is 0. The molecule has 0 bridgehead atoms. The summed E-state index contributed by atoms with van der Waals surface area (Å²) < 4.78 is 9.47. The van der Waals surface area contributed by atoms with Gasteiger partial charge in [0.15, 0.2) is 0 Å². The molecule has 0 spiro atoms. The molecular weight excluding hydrogens is 268 g/mol. The van der Waals surface area contributed by atoms with Crippen molar-refractivity contribution in [2.45, 2.75) is 6.92 Å². The largest absolute Gasteiger partial charge is 0.465 e. The lowest BCUT2D eigenvalue weighted by Crippen LogP contribution is -2.08. The minimum atomic E-state index is -0.490. The molecule has 4 nitrogen and oxygen atoms in total. The first-order valence-corrected chi connectivity index (χ1v) is 6.44. The lowest BCUT2D eigenvalue weighted by Gasteiger charge is -2.10. The Kier molecular flexibility index (Phi) is 4.38. The van der Waals surface area contributed by atoms with Crippen LogP contribution in [0.1, 0.15) is 26.3 Å². The van der Waals surface area contributed by atoms with Gasteiger partial charge in [0, 0.05) is 0 Å². The van der Waals surface area contributed by atoms with Gasteiger partial charge < -0.3 is 9.47 Å². The summed E-state index contributed by atoms with van der Waals surface area (Å²) in [6.07, 6.45) is 0. The third-order valence-corrected chi connectivity index (χ3v) is 3.21. The second-order valence-electron chi connectivity index (χ2n) is 4.61. The van der Waals surface area contributed by atoms with E-state index >= 15 is 0 Å². The fourth-order valence-electron chi connectivity index (χ4n) is 2.05. The third-order valence-electron chi connectivity index (χ3n) is 3.21. The van der Waals surface area contributed by atoms with E-state index in [1.807, 2.05) is 31.2 Å². The normalized spacial score (nSPS) is 10.0. The standard InChI is InChI=1S/C17H16O4/c1-11-4-6-12(7-5-11)14-9-8-13(16(18)20-2)10-15(14)17(19)21-3/h4-10H,1-3H3. The topological polar surface area (TPSA) is 52.6 Å². The van der Waals surface area contributed by atoms with Crippen molar-refractivity contribution >= 4 is 11.9 Å². The number of hydrogen-bond acceptors (Lipinski definition) is 4. The van der Waals surface area contributed by atoms with E-state index in [4.69, 9.17) is 4.74 Å². The summed E-state index contributed by atoms with van der Waals surface area (Å²) in [5.74, 6) is -0.980. The van der Waals surface area contributed by atoms with Crippen LogP contribution < -0.4 is 0 Å². The zero-order chi connectivity index (χ0) is 15.4. The van der Waals surface area contributed by atoms with Crippen molar-refractivity contribution in [2.24, 2.45) is 0 Å². The Labute approximate surface area is 123 Å².